The number of nitrogens with one attached hydrogen (secondary N) is 2. The Bertz CT molecular complexity index is 1020. The molecule has 27 heavy (non-hydrogen) atoms. The summed E-state index contributed by atoms with van der Waals surface area (Å²) in [5, 5.41) is 3.74. The van der Waals surface area contributed by atoms with Crippen LogP contribution in [0.2, 0.25) is 5.02 Å². The quantitative estimate of drug-likeness (QED) is 0.701. The van der Waals surface area contributed by atoms with Gasteiger partial charge < -0.3 is 10.3 Å². The number of amides is 1. The average Bonchev–Trinajstić information content (AvgIpc) is 2.66. The first kappa shape index (κ1) is 17.6. The van der Waals surface area contributed by atoms with Crippen LogP contribution in [0.5, 0.6) is 0 Å². The van der Waals surface area contributed by atoms with Crippen LogP contribution in [0.15, 0.2) is 71.5 Å². The highest BCUT2D eigenvalue weighted by atomic mass is 35.5. The van der Waals surface area contributed by atoms with Crippen molar-refractivity contribution < 1.29 is 4.79 Å². The summed E-state index contributed by atoms with van der Waals surface area (Å²) in [6, 6.07) is 20.4. The molecule has 0 spiro atoms. The second-order valence-corrected chi connectivity index (χ2v) is 7.31. The Balaban J connectivity index is 1.59. The summed E-state index contributed by atoms with van der Waals surface area (Å²) in [5.74, 6) is -0.356. The monoisotopic (exact) mass is 378 g/mol. The molecule has 1 aliphatic rings. The first-order chi connectivity index (χ1) is 13.1. The molecule has 0 atom stereocenters. The molecule has 1 fully saturated rings. The summed E-state index contributed by atoms with van der Waals surface area (Å²) in [5.41, 5.74) is 1.91. The van der Waals surface area contributed by atoms with Gasteiger partial charge in [0.1, 0.15) is 5.56 Å². The lowest BCUT2D eigenvalue weighted by molar-refractivity contribution is 0.0822. The average molecular weight is 379 g/mol. The molecule has 2 aromatic carbocycles. The zero-order chi connectivity index (χ0) is 18.9. The van der Waals surface area contributed by atoms with Crippen LogP contribution in [0.4, 0.5) is 0 Å². The summed E-state index contributed by atoms with van der Waals surface area (Å²) in [4.78, 5) is 28.1. The van der Waals surface area contributed by atoms with Gasteiger partial charge in [-0.2, -0.15) is 0 Å². The molecule has 136 valence electrons. The lowest BCUT2D eigenvalue weighted by Crippen LogP contribution is -2.51. The first-order valence-electron chi connectivity index (χ1n) is 8.95. The van der Waals surface area contributed by atoms with Crippen LogP contribution < -0.4 is 10.9 Å². The second kappa shape index (κ2) is 7.05. The normalized spacial score (nSPS) is 15.0. The van der Waals surface area contributed by atoms with E-state index in [0.717, 1.165) is 30.4 Å². The third-order valence-corrected chi connectivity index (χ3v) is 5.45. The van der Waals surface area contributed by atoms with E-state index in [1.54, 1.807) is 12.1 Å². The minimum absolute atomic E-state index is 0.120. The zero-order valence-electron chi connectivity index (χ0n) is 14.7. The highest BCUT2D eigenvalue weighted by molar-refractivity contribution is 6.30. The van der Waals surface area contributed by atoms with Gasteiger partial charge in [0.2, 0.25) is 0 Å². The van der Waals surface area contributed by atoms with E-state index in [0.29, 0.717) is 10.7 Å². The maximum Gasteiger partial charge on any atom is 0.261 e. The van der Waals surface area contributed by atoms with Gasteiger partial charge in [0.15, 0.2) is 0 Å². The summed E-state index contributed by atoms with van der Waals surface area (Å²) in [6.45, 7) is 0. The number of pyridine rings is 1. The van der Waals surface area contributed by atoms with Gasteiger partial charge in [-0.1, -0.05) is 54.1 Å². The lowest BCUT2D eigenvalue weighted by Gasteiger charge is -2.43. The Labute approximate surface area is 162 Å². The van der Waals surface area contributed by atoms with Gasteiger partial charge in [0, 0.05) is 10.7 Å². The fourth-order valence-corrected chi connectivity index (χ4v) is 3.63. The van der Waals surface area contributed by atoms with Crippen molar-refractivity contribution in [2.24, 2.45) is 0 Å². The van der Waals surface area contributed by atoms with E-state index in [1.165, 1.54) is 0 Å². The van der Waals surface area contributed by atoms with Crippen molar-refractivity contribution in [3.8, 4) is 11.3 Å². The minimum Gasteiger partial charge on any atom is -0.342 e. The molecule has 5 heteroatoms. The Hall–Kier alpha value is -2.85. The van der Waals surface area contributed by atoms with Crippen LogP contribution in [0.1, 0.15) is 35.2 Å². The Morgan fingerprint density at radius 3 is 2.26 bits per heavy atom. The van der Waals surface area contributed by atoms with Gasteiger partial charge in [-0.3, -0.25) is 9.59 Å². The van der Waals surface area contributed by atoms with Gasteiger partial charge in [-0.25, -0.2) is 0 Å². The molecular weight excluding hydrogens is 360 g/mol. The van der Waals surface area contributed by atoms with Crippen molar-refractivity contribution in [3.63, 3.8) is 0 Å². The smallest absolute Gasteiger partial charge is 0.261 e. The predicted octanol–water partition coefficient (Wildman–Crippen LogP) is 4.50. The maximum atomic E-state index is 12.8. The van der Waals surface area contributed by atoms with Gasteiger partial charge in [0.05, 0.1) is 5.54 Å². The molecule has 4 rings (SSSR count). The molecule has 4 nitrogen and oxygen atoms in total. The highest BCUT2D eigenvalue weighted by Gasteiger charge is 2.40. The third-order valence-electron chi connectivity index (χ3n) is 5.20. The fraction of sp³-hybridized carbons (Fsp3) is 0.182. The second-order valence-electron chi connectivity index (χ2n) is 6.88. The van der Waals surface area contributed by atoms with Crippen molar-refractivity contribution in [1.29, 1.82) is 0 Å². The number of rotatable bonds is 4. The molecule has 1 aliphatic carbocycles. The van der Waals surface area contributed by atoms with E-state index in [9.17, 15) is 9.59 Å². The third kappa shape index (κ3) is 3.40. The van der Waals surface area contributed by atoms with Crippen LogP contribution in [-0.4, -0.2) is 10.9 Å². The maximum absolute atomic E-state index is 12.8. The van der Waals surface area contributed by atoms with E-state index >= 15 is 0 Å². The lowest BCUT2D eigenvalue weighted by atomic mass is 9.71. The number of benzene rings is 2. The number of aromatic amines is 1. The topological polar surface area (TPSA) is 62.0 Å². The molecule has 1 saturated carbocycles. The molecule has 0 radical (unpaired) electrons. The fourth-order valence-electron chi connectivity index (χ4n) is 3.51. The van der Waals surface area contributed by atoms with E-state index < -0.39 is 5.54 Å². The SMILES string of the molecule is O=C(NC1(c2ccc(Cl)cc2)CCC1)c1ccc(-c2ccccc2)[nH]c1=O. The van der Waals surface area contributed by atoms with Gasteiger partial charge in [0.25, 0.3) is 11.5 Å². The minimum atomic E-state index is -0.424. The molecule has 1 aromatic heterocycles. The summed E-state index contributed by atoms with van der Waals surface area (Å²) in [6.07, 6.45) is 2.73. The number of aromatic nitrogens is 1. The van der Waals surface area contributed by atoms with Crippen LogP contribution in [0.25, 0.3) is 11.3 Å². The van der Waals surface area contributed by atoms with Gasteiger partial charge >= 0.3 is 0 Å². The molecule has 3 aromatic rings. The van der Waals surface area contributed by atoms with Crippen molar-refractivity contribution >= 4 is 17.5 Å². The molecule has 0 unspecified atom stereocenters. The van der Waals surface area contributed by atoms with Crippen LogP contribution in [0, 0.1) is 0 Å². The molecule has 0 bridgehead atoms. The highest BCUT2D eigenvalue weighted by Crippen LogP contribution is 2.41. The number of hydrogen-bond acceptors (Lipinski definition) is 2. The van der Waals surface area contributed by atoms with E-state index in [1.807, 2.05) is 54.6 Å². The van der Waals surface area contributed by atoms with Crippen molar-refractivity contribution in [1.82, 2.24) is 10.3 Å². The van der Waals surface area contributed by atoms with Crippen LogP contribution in [-0.2, 0) is 5.54 Å². The van der Waals surface area contributed by atoms with Crippen LogP contribution >= 0.6 is 11.6 Å². The number of carbonyl (C=O) groups excluding carboxylic acids is 1. The number of carbonyl (C=O) groups is 1. The molecule has 0 saturated heterocycles. The Morgan fingerprint density at radius 2 is 1.67 bits per heavy atom. The molecule has 1 amide bonds. The molecule has 1 heterocycles. The van der Waals surface area contributed by atoms with Crippen molar-refractivity contribution in [3.05, 3.63) is 93.2 Å². The van der Waals surface area contributed by atoms with E-state index in [-0.39, 0.29) is 17.0 Å². The number of hydrogen-bond donors (Lipinski definition) is 2. The zero-order valence-corrected chi connectivity index (χ0v) is 15.4. The van der Waals surface area contributed by atoms with Crippen molar-refractivity contribution in [2.45, 2.75) is 24.8 Å². The van der Waals surface area contributed by atoms with E-state index in [4.69, 9.17) is 11.6 Å². The molecule has 2 N–H and O–H groups in total. The molecular formula is C22H19ClN2O2. The van der Waals surface area contributed by atoms with E-state index in [2.05, 4.69) is 10.3 Å². The predicted molar refractivity (Wildman–Crippen MR) is 107 cm³/mol. The summed E-state index contributed by atoms with van der Waals surface area (Å²) >= 11 is 5.98. The van der Waals surface area contributed by atoms with Gasteiger partial charge in [-0.05, 0) is 54.7 Å². The largest absolute Gasteiger partial charge is 0.342 e. The summed E-state index contributed by atoms with van der Waals surface area (Å²) < 4.78 is 0. The van der Waals surface area contributed by atoms with Crippen molar-refractivity contribution in [2.75, 3.05) is 0 Å². The Kier molecular flexibility index (Phi) is 4.58. The van der Waals surface area contributed by atoms with Gasteiger partial charge in [-0.15, -0.1) is 0 Å². The van der Waals surface area contributed by atoms with Crippen LogP contribution in [0.3, 0.4) is 0 Å². The Morgan fingerprint density at radius 1 is 0.963 bits per heavy atom. The number of H-pyrrole nitrogens is 1. The number of halogens is 1. The first-order valence-corrected chi connectivity index (χ1v) is 9.33. The standard InChI is InChI=1S/C22H19ClN2O2/c23-17-9-7-16(8-10-17)22(13-4-14-22)25-21(27)18-11-12-19(24-20(18)26)15-5-2-1-3-6-15/h1-3,5-12H,4,13-14H2,(H,24,26)(H,25,27). The summed E-state index contributed by atoms with van der Waals surface area (Å²) in [7, 11) is 0. The molecule has 0 aliphatic heterocycles.